The van der Waals surface area contributed by atoms with Crippen LogP contribution in [0.4, 0.5) is 0 Å². The lowest BCUT2D eigenvalue weighted by Gasteiger charge is -2.38. The van der Waals surface area contributed by atoms with E-state index in [1.807, 2.05) is 12.1 Å². The average molecular weight is 281 g/mol. The van der Waals surface area contributed by atoms with Crippen molar-refractivity contribution in [2.45, 2.75) is 57.7 Å². The van der Waals surface area contributed by atoms with E-state index >= 15 is 0 Å². The SMILES string of the molecule is CCN(C1CCCC1)C(c1ccccc1Cl)C(C)N. The van der Waals surface area contributed by atoms with Gasteiger partial charge in [-0.15, -0.1) is 0 Å². The van der Waals surface area contributed by atoms with Crippen molar-refractivity contribution in [3.63, 3.8) is 0 Å². The molecule has 2 N–H and O–H groups in total. The molecular weight excluding hydrogens is 256 g/mol. The minimum absolute atomic E-state index is 0.0837. The molecule has 0 saturated heterocycles. The molecule has 2 atom stereocenters. The van der Waals surface area contributed by atoms with Crippen molar-refractivity contribution in [2.75, 3.05) is 6.54 Å². The van der Waals surface area contributed by atoms with Gasteiger partial charge in [-0.25, -0.2) is 0 Å². The van der Waals surface area contributed by atoms with Crippen LogP contribution in [-0.4, -0.2) is 23.5 Å². The van der Waals surface area contributed by atoms with E-state index in [4.69, 9.17) is 17.3 Å². The van der Waals surface area contributed by atoms with Gasteiger partial charge in [0.05, 0.1) is 6.04 Å². The molecule has 0 heterocycles. The minimum atomic E-state index is 0.0837. The lowest BCUT2D eigenvalue weighted by Crippen LogP contribution is -2.44. The average Bonchev–Trinajstić information content (AvgIpc) is 2.90. The smallest absolute Gasteiger partial charge is 0.0514 e. The Morgan fingerprint density at radius 2 is 1.95 bits per heavy atom. The molecule has 0 aliphatic heterocycles. The third-order valence-electron chi connectivity index (χ3n) is 4.24. The zero-order chi connectivity index (χ0) is 13.8. The summed E-state index contributed by atoms with van der Waals surface area (Å²) in [5, 5.41) is 0.834. The highest BCUT2D eigenvalue weighted by molar-refractivity contribution is 6.31. The van der Waals surface area contributed by atoms with Gasteiger partial charge in [0, 0.05) is 17.1 Å². The quantitative estimate of drug-likeness (QED) is 0.883. The molecule has 0 bridgehead atoms. The molecule has 2 unspecified atom stereocenters. The molecule has 1 aromatic rings. The van der Waals surface area contributed by atoms with E-state index in [0.717, 1.165) is 11.6 Å². The largest absolute Gasteiger partial charge is 0.326 e. The Morgan fingerprint density at radius 1 is 1.32 bits per heavy atom. The van der Waals surface area contributed by atoms with Gasteiger partial charge in [0.1, 0.15) is 0 Å². The first-order valence-corrected chi connectivity index (χ1v) is 7.78. The Bertz CT molecular complexity index is 399. The molecule has 0 radical (unpaired) electrons. The van der Waals surface area contributed by atoms with Crippen molar-refractivity contribution in [3.8, 4) is 0 Å². The van der Waals surface area contributed by atoms with Crippen molar-refractivity contribution in [3.05, 3.63) is 34.9 Å². The Balaban J connectivity index is 2.30. The van der Waals surface area contributed by atoms with Crippen LogP contribution in [0.25, 0.3) is 0 Å². The number of rotatable bonds is 5. The molecule has 106 valence electrons. The van der Waals surface area contributed by atoms with Crippen LogP contribution in [-0.2, 0) is 0 Å². The first kappa shape index (κ1) is 14.8. The Labute approximate surface area is 121 Å². The molecule has 1 saturated carbocycles. The molecule has 2 nitrogen and oxygen atoms in total. The van der Waals surface area contributed by atoms with Crippen LogP contribution in [0.15, 0.2) is 24.3 Å². The van der Waals surface area contributed by atoms with Crippen LogP contribution in [0.2, 0.25) is 5.02 Å². The van der Waals surface area contributed by atoms with Crippen LogP contribution >= 0.6 is 11.6 Å². The molecule has 0 aromatic heterocycles. The van der Waals surface area contributed by atoms with Crippen LogP contribution in [0, 0.1) is 0 Å². The fourth-order valence-electron chi connectivity index (χ4n) is 3.40. The molecule has 2 rings (SSSR count). The zero-order valence-electron chi connectivity index (χ0n) is 12.0. The van der Waals surface area contributed by atoms with E-state index in [9.17, 15) is 0 Å². The van der Waals surface area contributed by atoms with Crippen LogP contribution < -0.4 is 5.73 Å². The molecular formula is C16H25ClN2. The van der Waals surface area contributed by atoms with Gasteiger partial charge in [-0.3, -0.25) is 4.90 Å². The van der Waals surface area contributed by atoms with Crippen molar-refractivity contribution in [2.24, 2.45) is 5.73 Å². The topological polar surface area (TPSA) is 29.3 Å². The Hall–Kier alpha value is -0.570. The maximum Gasteiger partial charge on any atom is 0.0514 e. The van der Waals surface area contributed by atoms with Gasteiger partial charge >= 0.3 is 0 Å². The van der Waals surface area contributed by atoms with Gasteiger partial charge in [0.15, 0.2) is 0 Å². The third-order valence-corrected chi connectivity index (χ3v) is 4.58. The maximum absolute atomic E-state index is 6.39. The fourth-order valence-corrected chi connectivity index (χ4v) is 3.64. The van der Waals surface area contributed by atoms with Gasteiger partial charge in [-0.2, -0.15) is 0 Å². The van der Waals surface area contributed by atoms with E-state index in [1.54, 1.807) is 0 Å². The summed E-state index contributed by atoms with van der Waals surface area (Å²) < 4.78 is 0. The number of benzene rings is 1. The molecule has 0 spiro atoms. The van der Waals surface area contributed by atoms with E-state index in [1.165, 1.54) is 31.2 Å². The predicted molar refractivity (Wildman–Crippen MR) is 82.5 cm³/mol. The molecule has 3 heteroatoms. The van der Waals surface area contributed by atoms with Gasteiger partial charge in [0.25, 0.3) is 0 Å². The molecule has 1 aliphatic carbocycles. The van der Waals surface area contributed by atoms with Gasteiger partial charge in [-0.05, 0) is 37.9 Å². The number of likely N-dealkylation sites (N-methyl/N-ethyl adjacent to an activating group) is 1. The molecule has 0 amide bonds. The number of nitrogens with two attached hydrogens (primary N) is 1. The van der Waals surface area contributed by atoms with Crippen LogP contribution in [0.3, 0.4) is 0 Å². The lowest BCUT2D eigenvalue weighted by molar-refractivity contribution is 0.127. The van der Waals surface area contributed by atoms with Crippen LogP contribution in [0.1, 0.15) is 51.1 Å². The maximum atomic E-state index is 6.39. The summed E-state index contributed by atoms with van der Waals surface area (Å²) in [4.78, 5) is 2.55. The lowest BCUT2D eigenvalue weighted by atomic mass is 9.97. The van der Waals surface area contributed by atoms with E-state index in [-0.39, 0.29) is 12.1 Å². The molecule has 1 fully saturated rings. The van der Waals surface area contributed by atoms with E-state index in [2.05, 4.69) is 30.9 Å². The number of hydrogen-bond acceptors (Lipinski definition) is 2. The van der Waals surface area contributed by atoms with E-state index < -0.39 is 0 Å². The second-order valence-corrected chi connectivity index (χ2v) is 6.00. The fraction of sp³-hybridized carbons (Fsp3) is 0.625. The summed E-state index contributed by atoms with van der Waals surface area (Å²) in [6, 6.07) is 9.09. The predicted octanol–water partition coefficient (Wildman–Crippen LogP) is 3.99. The number of hydrogen-bond donors (Lipinski definition) is 1. The van der Waals surface area contributed by atoms with Crippen molar-refractivity contribution < 1.29 is 0 Å². The first-order valence-electron chi connectivity index (χ1n) is 7.41. The summed E-state index contributed by atoms with van der Waals surface area (Å²) in [7, 11) is 0. The number of nitrogens with zero attached hydrogens (tertiary/aromatic N) is 1. The van der Waals surface area contributed by atoms with Gasteiger partial charge in [-0.1, -0.05) is 49.6 Å². The summed E-state index contributed by atoms with van der Waals surface area (Å²) in [5.41, 5.74) is 7.46. The van der Waals surface area contributed by atoms with Crippen molar-refractivity contribution >= 4 is 11.6 Å². The summed E-state index contributed by atoms with van der Waals surface area (Å²) >= 11 is 6.39. The van der Waals surface area contributed by atoms with Gasteiger partial charge < -0.3 is 5.73 Å². The highest BCUT2D eigenvalue weighted by Gasteiger charge is 2.31. The normalized spacial score (nSPS) is 19.8. The second kappa shape index (κ2) is 6.74. The van der Waals surface area contributed by atoms with E-state index in [0.29, 0.717) is 6.04 Å². The highest BCUT2D eigenvalue weighted by Crippen LogP contribution is 2.35. The molecule has 1 aliphatic rings. The molecule has 19 heavy (non-hydrogen) atoms. The first-order chi connectivity index (χ1) is 9.15. The van der Waals surface area contributed by atoms with Gasteiger partial charge in [0.2, 0.25) is 0 Å². The zero-order valence-corrected chi connectivity index (χ0v) is 12.7. The summed E-state index contributed by atoms with van der Waals surface area (Å²) in [6.07, 6.45) is 5.27. The summed E-state index contributed by atoms with van der Waals surface area (Å²) in [6.45, 7) is 5.35. The Morgan fingerprint density at radius 3 is 2.47 bits per heavy atom. The van der Waals surface area contributed by atoms with Crippen molar-refractivity contribution in [1.29, 1.82) is 0 Å². The third kappa shape index (κ3) is 3.31. The van der Waals surface area contributed by atoms with Crippen molar-refractivity contribution in [1.82, 2.24) is 4.90 Å². The standard InChI is InChI=1S/C16H25ClN2/c1-3-19(13-8-4-5-9-13)16(12(2)18)14-10-6-7-11-15(14)17/h6-7,10-13,16H,3-5,8-9,18H2,1-2H3. The monoisotopic (exact) mass is 280 g/mol. The highest BCUT2D eigenvalue weighted by atomic mass is 35.5. The summed E-state index contributed by atoms with van der Waals surface area (Å²) in [5.74, 6) is 0. The minimum Gasteiger partial charge on any atom is -0.326 e. The Kier molecular flexibility index (Phi) is 5.26. The van der Waals surface area contributed by atoms with Crippen LogP contribution in [0.5, 0.6) is 0 Å². The second-order valence-electron chi connectivity index (χ2n) is 5.59. The number of halogens is 1. The molecule has 1 aromatic carbocycles.